The van der Waals surface area contributed by atoms with Gasteiger partial charge in [-0.2, -0.15) is 8.42 Å². The van der Waals surface area contributed by atoms with Crippen LogP contribution in [-0.2, 0) is 10.1 Å². The fraction of sp³-hybridized carbons (Fsp3) is 1.00. The average Bonchev–Trinajstić information content (AvgIpc) is 1.82. The van der Waals surface area contributed by atoms with E-state index in [4.69, 9.17) is 4.55 Å². The Bertz CT molecular complexity index is 223. The zero-order chi connectivity index (χ0) is 9.94. The molecule has 0 radical (unpaired) electrons. The summed E-state index contributed by atoms with van der Waals surface area (Å²) in [5.41, 5.74) is 0. The molecule has 4 nitrogen and oxygen atoms in total. The maximum atomic E-state index is 10.7. The monoisotopic (exact) mass is 195 g/mol. The summed E-state index contributed by atoms with van der Waals surface area (Å²) >= 11 is 0. The highest BCUT2D eigenvalue weighted by Gasteiger charge is 2.24. The normalized spacial score (nSPS) is 17.8. The molecule has 0 aliphatic rings. The van der Waals surface area contributed by atoms with Gasteiger partial charge in [-0.15, -0.1) is 0 Å². The van der Waals surface area contributed by atoms with Crippen molar-refractivity contribution < 1.29 is 13.0 Å². The van der Waals surface area contributed by atoms with Crippen LogP contribution in [0.2, 0.25) is 0 Å². The quantitative estimate of drug-likeness (QED) is 0.646. The first-order valence-electron chi connectivity index (χ1n) is 3.97. The van der Waals surface area contributed by atoms with Crippen molar-refractivity contribution >= 4 is 10.1 Å². The SMILES string of the molecule is CC(C)NC(C)C(C)S(=O)(=O)O. The van der Waals surface area contributed by atoms with E-state index < -0.39 is 15.4 Å². The topological polar surface area (TPSA) is 66.4 Å². The molecule has 0 saturated heterocycles. The summed E-state index contributed by atoms with van der Waals surface area (Å²) in [5, 5.41) is 2.25. The van der Waals surface area contributed by atoms with Crippen molar-refractivity contribution in [3.05, 3.63) is 0 Å². The van der Waals surface area contributed by atoms with Gasteiger partial charge in [-0.3, -0.25) is 4.55 Å². The second-order valence-electron chi connectivity index (χ2n) is 3.33. The maximum absolute atomic E-state index is 10.7. The smallest absolute Gasteiger partial charge is 0.269 e. The van der Waals surface area contributed by atoms with E-state index >= 15 is 0 Å². The Morgan fingerprint density at radius 2 is 1.58 bits per heavy atom. The van der Waals surface area contributed by atoms with Gasteiger partial charge in [-0.05, 0) is 13.8 Å². The summed E-state index contributed by atoms with van der Waals surface area (Å²) in [5.74, 6) is 0. The third-order valence-electron chi connectivity index (χ3n) is 1.77. The van der Waals surface area contributed by atoms with E-state index in [2.05, 4.69) is 5.32 Å². The minimum atomic E-state index is -3.91. The van der Waals surface area contributed by atoms with Gasteiger partial charge in [0.2, 0.25) is 0 Å². The summed E-state index contributed by atoms with van der Waals surface area (Å²) in [6.07, 6.45) is 0. The first-order chi connectivity index (χ1) is 5.25. The molecule has 12 heavy (non-hydrogen) atoms. The largest absolute Gasteiger partial charge is 0.311 e. The van der Waals surface area contributed by atoms with Crippen LogP contribution in [0.5, 0.6) is 0 Å². The number of rotatable bonds is 4. The Labute approximate surface area is 74.1 Å². The first kappa shape index (κ1) is 11.9. The Hall–Kier alpha value is -0.130. The fourth-order valence-corrected chi connectivity index (χ4v) is 1.51. The van der Waals surface area contributed by atoms with E-state index in [9.17, 15) is 8.42 Å². The molecule has 74 valence electrons. The second-order valence-corrected chi connectivity index (χ2v) is 5.10. The van der Waals surface area contributed by atoms with E-state index in [1.807, 2.05) is 13.8 Å². The number of nitrogens with one attached hydrogen (secondary N) is 1. The molecule has 0 fully saturated rings. The van der Waals surface area contributed by atoms with Gasteiger partial charge in [0.05, 0.1) is 5.25 Å². The highest BCUT2D eigenvalue weighted by Crippen LogP contribution is 2.03. The van der Waals surface area contributed by atoms with Gasteiger partial charge >= 0.3 is 0 Å². The van der Waals surface area contributed by atoms with Crippen molar-refractivity contribution in [2.45, 2.75) is 45.0 Å². The molecule has 0 saturated carbocycles. The molecule has 0 heterocycles. The van der Waals surface area contributed by atoms with Gasteiger partial charge in [0.1, 0.15) is 0 Å². The molecule has 0 aromatic rings. The van der Waals surface area contributed by atoms with Gasteiger partial charge in [0.15, 0.2) is 0 Å². The van der Waals surface area contributed by atoms with E-state index in [0.29, 0.717) is 0 Å². The number of hydrogen-bond donors (Lipinski definition) is 2. The Balaban J connectivity index is 4.21. The third kappa shape index (κ3) is 4.04. The van der Waals surface area contributed by atoms with Crippen LogP contribution in [-0.4, -0.2) is 30.3 Å². The van der Waals surface area contributed by atoms with Gasteiger partial charge in [-0.1, -0.05) is 13.8 Å². The van der Waals surface area contributed by atoms with E-state index in [0.717, 1.165) is 0 Å². The predicted octanol–water partition coefficient (Wildman–Crippen LogP) is 0.649. The van der Waals surface area contributed by atoms with Crippen molar-refractivity contribution in [3.8, 4) is 0 Å². The summed E-state index contributed by atoms with van der Waals surface area (Å²) in [6.45, 7) is 7.06. The lowest BCUT2D eigenvalue weighted by molar-refractivity contribution is 0.426. The summed E-state index contributed by atoms with van der Waals surface area (Å²) in [4.78, 5) is 0. The standard InChI is InChI=1S/C7H17NO3S/c1-5(2)8-6(3)7(4)12(9,10)11/h5-8H,1-4H3,(H,9,10,11). The lowest BCUT2D eigenvalue weighted by atomic mass is 10.2. The minimum Gasteiger partial charge on any atom is -0.311 e. The lowest BCUT2D eigenvalue weighted by Gasteiger charge is -2.20. The lowest BCUT2D eigenvalue weighted by Crippen LogP contribution is -2.43. The molecule has 0 rings (SSSR count). The summed E-state index contributed by atoms with van der Waals surface area (Å²) in [6, 6.07) is -0.0239. The minimum absolute atomic E-state index is 0.212. The molecule has 5 heteroatoms. The second kappa shape index (κ2) is 4.20. The van der Waals surface area contributed by atoms with Crippen molar-refractivity contribution in [2.75, 3.05) is 0 Å². The third-order valence-corrected chi connectivity index (χ3v) is 3.12. The van der Waals surface area contributed by atoms with Gasteiger partial charge in [-0.25, -0.2) is 0 Å². The molecule has 2 N–H and O–H groups in total. The van der Waals surface area contributed by atoms with Crippen molar-refractivity contribution in [1.29, 1.82) is 0 Å². The van der Waals surface area contributed by atoms with Gasteiger partial charge < -0.3 is 5.32 Å². The highest BCUT2D eigenvalue weighted by atomic mass is 32.2. The molecule has 0 aliphatic carbocycles. The van der Waals surface area contributed by atoms with Gasteiger partial charge in [0, 0.05) is 12.1 Å². The maximum Gasteiger partial charge on any atom is 0.269 e. The zero-order valence-corrected chi connectivity index (χ0v) is 8.72. The van der Waals surface area contributed by atoms with Crippen molar-refractivity contribution in [2.24, 2.45) is 0 Å². The summed E-state index contributed by atoms with van der Waals surface area (Å²) < 4.78 is 30.0. The van der Waals surface area contributed by atoms with Crippen LogP contribution in [0.15, 0.2) is 0 Å². The Morgan fingerprint density at radius 3 is 1.83 bits per heavy atom. The van der Waals surface area contributed by atoms with Crippen LogP contribution in [0.25, 0.3) is 0 Å². The predicted molar refractivity (Wildman–Crippen MR) is 48.7 cm³/mol. The Morgan fingerprint density at radius 1 is 1.17 bits per heavy atom. The van der Waals surface area contributed by atoms with E-state index in [1.165, 1.54) is 6.92 Å². The van der Waals surface area contributed by atoms with Crippen molar-refractivity contribution in [3.63, 3.8) is 0 Å². The molecule has 0 aromatic heterocycles. The molecule has 0 aromatic carbocycles. The summed E-state index contributed by atoms with van der Waals surface area (Å²) in [7, 11) is -3.91. The molecule has 2 atom stereocenters. The zero-order valence-electron chi connectivity index (χ0n) is 7.90. The Kier molecular flexibility index (Phi) is 4.16. The van der Waals surface area contributed by atoms with Crippen LogP contribution in [0.4, 0.5) is 0 Å². The molecule has 0 spiro atoms. The average molecular weight is 195 g/mol. The molecule has 0 aliphatic heterocycles. The molecule has 0 amide bonds. The highest BCUT2D eigenvalue weighted by molar-refractivity contribution is 7.86. The van der Waals surface area contributed by atoms with Crippen LogP contribution in [0.3, 0.4) is 0 Å². The molecule has 0 bridgehead atoms. The van der Waals surface area contributed by atoms with Crippen LogP contribution >= 0.6 is 0 Å². The van der Waals surface area contributed by atoms with Crippen LogP contribution in [0, 0.1) is 0 Å². The van der Waals surface area contributed by atoms with Crippen LogP contribution in [0.1, 0.15) is 27.7 Å². The molecular formula is C7H17NO3S. The van der Waals surface area contributed by atoms with E-state index in [-0.39, 0.29) is 12.1 Å². The van der Waals surface area contributed by atoms with Crippen molar-refractivity contribution in [1.82, 2.24) is 5.32 Å². The fourth-order valence-electron chi connectivity index (χ4n) is 0.919. The first-order valence-corrected chi connectivity index (χ1v) is 5.47. The molecule has 2 unspecified atom stereocenters. The molecular weight excluding hydrogens is 178 g/mol. The van der Waals surface area contributed by atoms with E-state index in [1.54, 1.807) is 6.92 Å². The number of hydrogen-bond acceptors (Lipinski definition) is 3. The van der Waals surface area contributed by atoms with Crippen LogP contribution < -0.4 is 5.32 Å². The van der Waals surface area contributed by atoms with Gasteiger partial charge in [0.25, 0.3) is 10.1 Å².